The fourth-order valence-corrected chi connectivity index (χ4v) is 2.91. The van der Waals surface area contributed by atoms with Crippen LogP contribution in [0.15, 0.2) is 60.0 Å². The average molecular weight is 338 g/mol. The van der Waals surface area contributed by atoms with E-state index in [1.165, 1.54) is 11.3 Å². The smallest absolute Gasteiger partial charge is 0.195 e. The molecule has 3 N–H and O–H groups in total. The molecule has 0 atom stereocenters. The number of hydrogen-bond acceptors (Lipinski definition) is 4. The molecular weight excluding hydrogens is 320 g/mol. The van der Waals surface area contributed by atoms with Crippen molar-refractivity contribution in [3.8, 4) is 17.0 Å². The molecule has 0 bridgehead atoms. The van der Waals surface area contributed by atoms with Crippen LogP contribution < -0.4 is 15.4 Å². The summed E-state index contributed by atoms with van der Waals surface area (Å²) in [6.45, 7) is 0.598. The number of ether oxygens (including phenoxy) is 1. The van der Waals surface area contributed by atoms with Gasteiger partial charge in [-0.3, -0.25) is 5.41 Å². The zero-order valence-corrected chi connectivity index (χ0v) is 14.1. The summed E-state index contributed by atoms with van der Waals surface area (Å²) in [5.74, 6) is 1.03. The second-order valence-corrected chi connectivity index (χ2v) is 5.97. The molecular formula is C18H18N4OS. The number of guanidine groups is 1. The van der Waals surface area contributed by atoms with E-state index in [2.05, 4.69) is 15.6 Å². The lowest BCUT2D eigenvalue weighted by molar-refractivity contribution is 0.415. The van der Waals surface area contributed by atoms with Gasteiger partial charge in [0.2, 0.25) is 0 Å². The summed E-state index contributed by atoms with van der Waals surface area (Å²) in [5.41, 5.74) is 2.97. The molecule has 5 nitrogen and oxygen atoms in total. The van der Waals surface area contributed by atoms with Crippen LogP contribution in [0.4, 0.5) is 5.13 Å². The monoisotopic (exact) mass is 338 g/mol. The Bertz CT molecular complexity index is 817. The Balaban J connectivity index is 1.60. The van der Waals surface area contributed by atoms with Crippen LogP contribution in [0.5, 0.6) is 5.75 Å². The Morgan fingerprint density at radius 2 is 2.00 bits per heavy atom. The van der Waals surface area contributed by atoms with Crippen molar-refractivity contribution in [2.45, 2.75) is 6.54 Å². The van der Waals surface area contributed by atoms with Gasteiger partial charge in [-0.25, -0.2) is 4.98 Å². The minimum atomic E-state index is 0.227. The summed E-state index contributed by atoms with van der Waals surface area (Å²) < 4.78 is 5.24. The fourth-order valence-electron chi connectivity index (χ4n) is 2.18. The van der Waals surface area contributed by atoms with Gasteiger partial charge in [-0.1, -0.05) is 42.5 Å². The number of thiazole rings is 1. The first-order valence-electron chi connectivity index (χ1n) is 7.48. The fraction of sp³-hybridized carbons (Fsp3) is 0.111. The molecule has 1 aromatic heterocycles. The largest absolute Gasteiger partial charge is 0.497 e. The van der Waals surface area contributed by atoms with E-state index >= 15 is 0 Å². The second-order valence-electron chi connectivity index (χ2n) is 5.11. The van der Waals surface area contributed by atoms with Gasteiger partial charge >= 0.3 is 0 Å². The van der Waals surface area contributed by atoms with Crippen molar-refractivity contribution in [3.63, 3.8) is 0 Å². The van der Waals surface area contributed by atoms with Gasteiger partial charge in [-0.05, 0) is 17.7 Å². The minimum Gasteiger partial charge on any atom is -0.497 e. The molecule has 3 rings (SSSR count). The molecule has 0 spiro atoms. The van der Waals surface area contributed by atoms with E-state index in [0.717, 1.165) is 22.6 Å². The van der Waals surface area contributed by atoms with Crippen LogP contribution >= 0.6 is 11.3 Å². The van der Waals surface area contributed by atoms with Crippen molar-refractivity contribution >= 4 is 22.4 Å². The standard InChI is InChI=1S/C18H18N4OS/c1-23-15-9-5-8-14(10-15)16-12-24-18(21-16)22-17(19)20-11-13-6-3-2-4-7-13/h2-10,12H,11H2,1H3,(H3,19,20,21,22). The maximum Gasteiger partial charge on any atom is 0.195 e. The van der Waals surface area contributed by atoms with Gasteiger partial charge in [0, 0.05) is 17.5 Å². The second kappa shape index (κ2) is 7.61. The lowest BCUT2D eigenvalue weighted by Crippen LogP contribution is -2.28. The zero-order chi connectivity index (χ0) is 16.8. The number of nitrogens with zero attached hydrogens (tertiary/aromatic N) is 1. The molecule has 0 aliphatic rings. The van der Waals surface area contributed by atoms with Gasteiger partial charge in [-0.2, -0.15) is 0 Å². The number of anilines is 1. The summed E-state index contributed by atoms with van der Waals surface area (Å²) in [6.07, 6.45) is 0. The minimum absolute atomic E-state index is 0.227. The van der Waals surface area contributed by atoms with E-state index in [1.54, 1.807) is 7.11 Å². The highest BCUT2D eigenvalue weighted by Gasteiger charge is 2.07. The normalized spacial score (nSPS) is 10.2. The van der Waals surface area contributed by atoms with E-state index in [9.17, 15) is 0 Å². The first kappa shape index (κ1) is 16.0. The number of rotatable bonds is 5. The van der Waals surface area contributed by atoms with Crippen molar-refractivity contribution in [3.05, 3.63) is 65.5 Å². The van der Waals surface area contributed by atoms with Gasteiger partial charge in [0.15, 0.2) is 11.1 Å². The topological polar surface area (TPSA) is 70.0 Å². The maximum absolute atomic E-state index is 7.98. The molecule has 3 aromatic rings. The highest BCUT2D eigenvalue weighted by atomic mass is 32.1. The Kier molecular flexibility index (Phi) is 5.08. The Morgan fingerprint density at radius 1 is 1.17 bits per heavy atom. The van der Waals surface area contributed by atoms with Crippen molar-refractivity contribution in [2.75, 3.05) is 12.4 Å². The van der Waals surface area contributed by atoms with E-state index in [0.29, 0.717) is 11.7 Å². The summed E-state index contributed by atoms with van der Waals surface area (Å²) in [6, 6.07) is 17.7. The summed E-state index contributed by atoms with van der Waals surface area (Å²) in [5, 5.41) is 16.6. The van der Waals surface area contributed by atoms with Gasteiger partial charge < -0.3 is 15.4 Å². The van der Waals surface area contributed by atoms with Crippen LogP contribution in [-0.4, -0.2) is 18.1 Å². The maximum atomic E-state index is 7.98. The van der Waals surface area contributed by atoms with Crippen molar-refractivity contribution in [1.82, 2.24) is 10.3 Å². The molecule has 0 fully saturated rings. The van der Waals surface area contributed by atoms with Crippen LogP contribution in [0.3, 0.4) is 0 Å². The first-order valence-corrected chi connectivity index (χ1v) is 8.36. The highest BCUT2D eigenvalue weighted by Crippen LogP contribution is 2.27. The van der Waals surface area contributed by atoms with Crippen LogP contribution in [0.2, 0.25) is 0 Å². The predicted octanol–water partition coefficient (Wildman–Crippen LogP) is 3.96. The SMILES string of the molecule is COc1cccc(-c2csc(NC(=N)NCc3ccccc3)n2)c1. The first-order chi connectivity index (χ1) is 11.7. The van der Waals surface area contributed by atoms with Crippen molar-refractivity contribution in [1.29, 1.82) is 5.41 Å². The van der Waals surface area contributed by atoms with Gasteiger partial charge in [0.05, 0.1) is 12.8 Å². The number of benzene rings is 2. The van der Waals surface area contributed by atoms with Gasteiger partial charge in [0.25, 0.3) is 0 Å². The molecule has 0 unspecified atom stereocenters. The molecule has 0 radical (unpaired) electrons. The van der Waals surface area contributed by atoms with Crippen LogP contribution in [0, 0.1) is 5.41 Å². The lowest BCUT2D eigenvalue weighted by atomic mass is 10.2. The molecule has 0 amide bonds. The van der Waals surface area contributed by atoms with Crippen molar-refractivity contribution < 1.29 is 4.74 Å². The number of aromatic nitrogens is 1. The number of nitrogens with one attached hydrogen (secondary N) is 3. The molecule has 0 saturated carbocycles. The molecule has 122 valence electrons. The molecule has 6 heteroatoms. The van der Waals surface area contributed by atoms with Gasteiger partial charge in [-0.15, -0.1) is 11.3 Å². The van der Waals surface area contributed by atoms with Crippen LogP contribution in [-0.2, 0) is 6.54 Å². The quantitative estimate of drug-likeness (QED) is 0.486. The Morgan fingerprint density at radius 3 is 2.79 bits per heavy atom. The molecule has 1 heterocycles. The van der Waals surface area contributed by atoms with E-state index in [1.807, 2.05) is 60.0 Å². The van der Waals surface area contributed by atoms with Crippen molar-refractivity contribution in [2.24, 2.45) is 0 Å². The van der Waals surface area contributed by atoms with Gasteiger partial charge in [0.1, 0.15) is 5.75 Å². The third-order valence-electron chi connectivity index (χ3n) is 3.41. The zero-order valence-electron chi connectivity index (χ0n) is 13.2. The average Bonchev–Trinajstić information content (AvgIpc) is 3.09. The van der Waals surface area contributed by atoms with E-state index < -0.39 is 0 Å². The summed E-state index contributed by atoms with van der Waals surface area (Å²) in [4.78, 5) is 4.52. The van der Waals surface area contributed by atoms with E-state index in [-0.39, 0.29) is 5.96 Å². The molecule has 2 aromatic carbocycles. The molecule has 24 heavy (non-hydrogen) atoms. The predicted molar refractivity (Wildman–Crippen MR) is 98.7 cm³/mol. The van der Waals surface area contributed by atoms with E-state index in [4.69, 9.17) is 10.1 Å². The molecule has 0 aliphatic heterocycles. The molecule has 0 aliphatic carbocycles. The number of methoxy groups -OCH3 is 1. The third kappa shape index (κ3) is 4.11. The lowest BCUT2D eigenvalue weighted by Gasteiger charge is -2.08. The van der Waals surface area contributed by atoms with Crippen LogP contribution in [0.25, 0.3) is 11.3 Å². The third-order valence-corrected chi connectivity index (χ3v) is 4.17. The summed E-state index contributed by atoms with van der Waals surface area (Å²) in [7, 11) is 1.65. The Labute approximate surface area is 144 Å². The molecule has 0 saturated heterocycles. The Hall–Kier alpha value is -2.86. The number of hydrogen-bond donors (Lipinski definition) is 3. The highest BCUT2D eigenvalue weighted by molar-refractivity contribution is 7.14. The van der Waals surface area contributed by atoms with Crippen LogP contribution in [0.1, 0.15) is 5.56 Å². The summed E-state index contributed by atoms with van der Waals surface area (Å²) >= 11 is 1.46.